The van der Waals surface area contributed by atoms with E-state index in [0.29, 0.717) is 30.0 Å². The molecule has 5 heteroatoms. The van der Waals surface area contributed by atoms with Gasteiger partial charge in [0.15, 0.2) is 0 Å². The molecule has 1 heterocycles. The van der Waals surface area contributed by atoms with Crippen LogP contribution in [0.4, 0.5) is 5.69 Å². The molecule has 1 aliphatic rings. The number of fused-ring (bicyclic) bond motifs is 1. The number of ether oxygens (including phenoxy) is 1. The Labute approximate surface area is 141 Å². The standard InChI is InChI=1S/C19H20N2O3/c20-14-8-10-15(11-9-14)24-13-5-1-4-12-21-18(22)16-6-2-3-7-17(16)19(21)23/h2-3,6-11H,1,4-5,12-13,20H2. The molecule has 0 bridgehead atoms. The Kier molecular flexibility index (Phi) is 4.79. The molecular formula is C19H20N2O3. The van der Waals surface area contributed by atoms with E-state index in [-0.39, 0.29) is 11.8 Å². The van der Waals surface area contributed by atoms with Gasteiger partial charge in [-0.1, -0.05) is 12.1 Å². The number of hydrogen-bond donors (Lipinski definition) is 1. The van der Waals surface area contributed by atoms with Crippen molar-refractivity contribution in [3.05, 3.63) is 59.7 Å². The maximum atomic E-state index is 12.2. The number of carbonyl (C=O) groups is 2. The fraction of sp³-hybridized carbons (Fsp3) is 0.263. The zero-order valence-corrected chi connectivity index (χ0v) is 13.4. The smallest absolute Gasteiger partial charge is 0.261 e. The van der Waals surface area contributed by atoms with Crippen LogP contribution in [0.3, 0.4) is 0 Å². The first-order chi connectivity index (χ1) is 11.7. The molecule has 3 rings (SSSR count). The third-order valence-corrected chi connectivity index (χ3v) is 4.05. The molecule has 0 unspecified atom stereocenters. The molecule has 0 aromatic heterocycles. The van der Waals surface area contributed by atoms with Crippen LogP contribution in [0.25, 0.3) is 0 Å². The molecule has 2 amide bonds. The number of nitrogens with zero attached hydrogens (tertiary/aromatic N) is 1. The lowest BCUT2D eigenvalue weighted by molar-refractivity contribution is 0.0651. The Balaban J connectivity index is 1.39. The Morgan fingerprint density at radius 2 is 1.46 bits per heavy atom. The zero-order chi connectivity index (χ0) is 16.9. The van der Waals surface area contributed by atoms with Crippen LogP contribution in [0.5, 0.6) is 5.75 Å². The summed E-state index contributed by atoms with van der Waals surface area (Å²) in [6, 6.07) is 14.3. The Bertz CT molecular complexity index is 706. The van der Waals surface area contributed by atoms with Crippen molar-refractivity contribution in [1.82, 2.24) is 4.90 Å². The molecule has 2 aromatic rings. The predicted octanol–water partition coefficient (Wildman–Crippen LogP) is 3.11. The van der Waals surface area contributed by atoms with Crippen molar-refractivity contribution in [1.29, 1.82) is 0 Å². The minimum atomic E-state index is -0.186. The number of imide groups is 1. The summed E-state index contributed by atoms with van der Waals surface area (Å²) in [4.78, 5) is 25.8. The summed E-state index contributed by atoms with van der Waals surface area (Å²) < 4.78 is 5.62. The van der Waals surface area contributed by atoms with Crippen molar-refractivity contribution in [2.75, 3.05) is 18.9 Å². The summed E-state index contributed by atoms with van der Waals surface area (Å²) in [6.45, 7) is 1.06. The van der Waals surface area contributed by atoms with Crippen LogP contribution in [0.15, 0.2) is 48.5 Å². The van der Waals surface area contributed by atoms with E-state index in [1.165, 1.54) is 4.90 Å². The predicted molar refractivity (Wildman–Crippen MR) is 92.0 cm³/mol. The fourth-order valence-electron chi connectivity index (χ4n) is 2.75. The highest BCUT2D eigenvalue weighted by Crippen LogP contribution is 2.22. The lowest BCUT2D eigenvalue weighted by Gasteiger charge is -2.13. The fourth-order valence-corrected chi connectivity index (χ4v) is 2.75. The summed E-state index contributed by atoms with van der Waals surface area (Å²) in [7, 11) is 0. The van der Waals surface area contributed by atoms with Gasteiger partial charge in [-0.15, -0.1) is 0 Å². The molecule has 1 aliphatic heterocycles. The molecular weight excluding hydrogens is 304 g/mol. The van der Waals surface area contributed by atoms with E-state index in [1.54, 1.807) is 36.4 Å². The van der Waals surface area contributed by atoms with Gasteiger partial charge in [0.05, 0.1) is 17.7 Å². The van der Waals surface area contributed by atoms with Crippen molar-refractivity contribution < 1.29 is 14.3 Å². The van der Waals surface area contributed by atoms with Crippen molar-refractivity contribution in [2.45, 2.75) is 19.3 Å². The quantitative estimate of drug-likeness (QED) is 0.482. The number of carbonyl (C=O) groups excluding carboxylic acids is 2. The highest BCUT2D eigenvalue weighted by molar-refractivity contribution is 6.21. The van der Waals surface area contributed by atoms with Crippen LogP contribution in [0.1, 0.15) is 40.0 Å². The Morgan fingerprint density at radius 3 is 2.08 bits per heavy atom. The number of nitrogens with two attached hydrogens (primary N) is 1. The van der Waals surface area contributed by atoms with Gasteiger partial charge in [-0.2, -0.15) is 0 Å². The first kappa shape index (κ1) is 16.1. The van der Waals surface area contributed by atoms with Crippen molar-refractivity contribution in [3.8, 4) is 5.75 Å². The number of anilines is 1. The zero-order valence-electron chi connectivity index (χ0n) is 13.4. The van der Waals surface area contributed by atoms with Crippen LogP contribution in [0, 0.1) is 0 Å². The summed E-state index contributed by atoms with van der Waals surface area (Å²) in [5.41, 5.74) is 7.35. The second-order valence-corrected chi connectivity index (χ2v) is 5.79. The van der Waals surface area contributed by atoms with Gasteiger partial charge in [-0.25, -0.2) is 0 Å². The first-order valence-electron chi connectivity index (χ1n) is 8.10. The lowest BCUT2D eigenvalue weighted by Crippen LogP contribution is -2.30. The van der Waals surface area contributed by atoms with E-state index in [0.717, 1.165) is 25.0 Å². The molecule has 0 saturated carbocycles. The molecule has 0 radical (unpaired) electrons. The highest BCUT2D eigenvalue weighted by Gasteiger charge is 2.34. The van der Waals surface area contributed by atoms with Gasteiger partial charge in [0.25, 0.3) is 11.8 Å². The molecule has 0 aliphatic carbocycles. The second kappa shape index (κ2) is 7.17. The van der Waals surface area contributed by atoms with Crippen LogP contribution in [-0.2, 0) is 0 Å². The van der Waals surface area contributed by atoms with Crippen LogP contribution >= 0.6 is 0 Å². The van der Waals surface area contributed by atoms with Gasteiger partial charge < -0.3 is 10.5 Å². The number of amides is 2. The minimum absolute atomic E-state index is 0.186. The van der Waals surface area contributed by atoms with E-state index in [4.69, 9.17) is 10.5 Å². The van der Waals surface area contributed by atoms with Crippen molar-refractivity contribution >= 4 is 17.5 Å². The van der Waals surface area contributed by atoms with E-state index in [1.807, 2.05) is 12.1 Å². The first-order valence-corrected chi connectivity index (χ1v) is 8.10. The second-order valence-electron chi connectivity index (χ2n) is 5.79. The van der Waals surface area contributed by atoms with Gasteiger partial charge >= 0.3 is 0 Å². The molecule has 2 N–H and O–H groups in total. The number of nitrogen functional groups attached to an aromatic ring is 1. The molecule has 0 atom stereocenters. The van der Waals surface area contributed by atoms with E-state index < -0.39 is 0 Å². The minimum Gasteiger partial charge on any atom is -0.494 e. The summed E-state index contributed by atoms with van der Waals surface area (Å²) in [5, 5.41) is 0. The highest BCUT2D eigenvalue weighted by atomic mass is 16.5. The van der Waals surface area contributed by atoms with Gasteiger partial charge in [0, 0.05) is 12.2 Å². The van der Waals surface area contributed by atoms with E-state index >= 15 is 0 Å². The summed E-state index contributed by atoms with van der Waals surface area (Å²) >= 11 is 0. The van der Waals surface area contributed by atoms with Gasteiger partial charge in [-0.05, 0) is 55.7 Å². The largest absolute Gasteiger partial charge is 0.494 e. The van der Waals surface area contributed by atoms with Gasteiger partial charge in [0.2, 0.25) is 0 Å². The lowest BCUT2D eigenvalue weighted by atomic mass is 10.1. The van der Waals surface area contributed by atoms with Crippen LogP contribution in [0.2, 0.25) is 0 Å². The molecule has 124 valence electrons. The maximum Gasteiger partial charge on any atom is 0.261 e. The Hall–Kier alpha value is -2.82. The normalized spacial score (nSPS) is 13.2. The third kappa shape index (κ3) is 3.40. The van der Waals surface area contributed by atoms with Crippen LogP contribution < -0.4 is 10.5 Å². The monoisotopic (exact) mass is 324 g/mol. The third-order valence-electron chi connectivity index (χ3n) is 4.05. The van der Waals surface area contributed by atoms with Crippen molar-refractivity contribution in [2.24, 2.45) is 0 Å². The number of hydrogen-bond acceptors (Lipinski definition) is 4. The number of rotatable bonds is 7. The topological polar surface area (TPSA) is 72.6 Å². The SMILES string of the molecule is Nc1ccc(OCCCCCN2C(=O)c3ccccc3C2=O)cc1. The molecule has 24 heavy (non-hydrogen) atoms. The Morgan fingerprint density at radius 1 is 0.833 bits per heavy atom. The van der Waals surface area contributed by atoms with Crippen molar-refractivity contribution in [3.63, 3.8) is 0 Å². The van der Waals surface area contributed by atoms with Crippen LogP contribution in [-0.4, -0.2) is 29.9 Å². The summed E-state index contributed by atoms with van der Waals surface area (Å²) in [5.74, 6) is 0.423. The molecule has 2 aromatic carbocycles. The average molecular weight is 324 g/mol. The molecule has 0 spiro atoms. The summed E-state index contributed by atoms with van der Waals surface area (Å²) in [6.07, 6.45) is 2.53. The van der Waals surface area contributed by atoms with E-state index in [2.05, 4.69) is 0 Å². The van der Waals surface area contributed by atoms with E-state index in [9.17, 15) is 9.59 Å². The molecule has 0 fully saturated rings. The average Bonchev–Trinajstić information content (AvgIpc) is 2.84. The maximum absolute atomic E-state index is 12.2. The molecule has 5 nitrogen and oxygen atoms in total. The van der Waals surface area contributed by atoms with Gasteiger partial charge in [0.1, 0.15) is 5.75 Å². The van der Waals surface area contributed by atoms with Gasteiger partial charge in [-0.3, -0.25) is 14.5 Å². The number of unbranched alkanes of at least 4 members (excludes halogenated alkanes) is 2. The number of benzene rings is 2. The molecule has 0 saturated heterocycles.